The van der Waals surface area contributed by atoms with Gasteiger partial charge in [0.05, 0.1) is 9.99 Å². The molecule has 18 heavy (non-hydrogen) atoms. The van der Waals surface area contributed by atoms with Gasteiger partial charge >= 0.3 is 5.97 Å². The van der Waals surface area contributed by atoms with Gasteiger partial charge in [-0.05, 0) is 47.2 Å². The number of aromatic hydroxyl groups is 1. The highest BCUT2D eigenvalue weighted by molar-refractivity contribution is 14.1. The van der Waals surface area contributed by atoms with E-state index in [9.17, 15) is 14.7 Å². The van der Waals surface area contributed by atoms with E-state index in [1.807, 2.05) is 22.6 Å². The molecule has 3 N–H and O–H groups in total. The molecule has 1 atom stereocenters. The second-order valence-electron chi connectivity index (χ2n) is 3.84. The van der Waals surface area contributed by atoms with Crippen LogP contribution < -0.4 is 5.32 Å². The van der Waals surface area contributed by atoms with Gasteiger partial charge in [-0.2, -0.15) is 0 Å². The molecule has 5 nitrogen and oxygen atoms in total. The fourth-order valence-corrected chi connectivity index (χ4v) is 1.77. The maximum atomic E-state index is 11.8. The standard InChI is InChI=1S/C12H14INO4/c1-2-8(6-11(16)17)14-12(18)7-3-4-9(13)10(15)5-7/h3-5,8,15H,2,6H2,1H3,(H,14,18)(H,16,17). The summed E-state index contributed by atoms with van der Waals surface area (Å²) in [5, 5.41) is 20.8. The van der Waals surface area contributed by atoms with Crippen LogP contribution in [0.15, 0.2) is 18.2 Å². The van der Waals surface area contributed by atoms with Gasteiger partial charge in [0.15, 0.2) is 0 Å². The van der Waals surface area contributed by atoms with Crippen molar-refractivity contribution in [1.29, 1.82) is 0 Å². The van der Waals surface area contributed by atoms with Crippen LogP contribution in [0.3, 0.4) is 0 Å². The molecule has 1 aromatic rings. The molecular weight excluding hydrogens is 349 g/mol. The van der Waals surface area contributed by atoms with Crippen molar-refractivity contribution >= 4 is 34.5 Å². The van der Waals surface area contributed by atoms with Crippen LogP contribution in [0.2, 0.25) is 0 Å². The molecule has 1 amide bonds. The SMILES string of the molecule is CCC(CC(=O)O)NC(=O)c1ccc(I)c(O)c1. The molecule has 0 heterocycles. The number of rotatable bonds is 5. The Hall–Kier alpha value is -1.31. The van der Waals surface area contributed by atoms with Crippen molar-refractivity contribution in [3.8, 4) is 5.75 Å². The Balaban J connectivity index is 2.74. The van der Waals surface area contributed by atoms with Gasteiger partial charge in [0.2, 0.25) is 0 Å². The molecular formula is C12H14INO4. The Labute approximate surface area is 118 Å². The number of aliphatic carboxylic acids is 1. The van der Waals surface area contributed by atoms with E-state index in [0.29, 0.717) is 15.6 Å². The fourth-order valence-electron chi connectivity index (χ4n) is 1.43. The molecule has 1 aromatic carbocycles. The number of halogens is 1. The maximum Gasteiger partial charge on any atom is 0.305 e. The molecule has 0 radical (unpaired) electrons. The summed E-state index contributed by atoms with van der Waals surface area (Å²) in [6, 6.07) is 4.18. The number of phenolic OH excluding ortho intramolecular Hbond substituents is 1. The van der Waals surface area contributed by atoms with E-state index in [0.717, 1.165) is 0 Å². The van der Waals surface area contributed by atoms with Crippen molar-refractivity contribution in [2.75, 3.05) is 0 Å². The van der Waals surface area contributed by atoms with Gasteiger partial charge in [0.25, 0.3) is 5.91 Å². The minimum atomic E-state index is -0.951. The molecule has 1 rings (SSSR count). The summed E-state index contributed by atoms with van der Waals surface area (Å²) in [5.41, 5.74) is 0.316. The molecule has 98 valence electrons. The first kappa shape index (κ1) is 14.7. The molecule has 0 saturated carbocycles. The molecule has 0 aliphatic rings. The van der Waals surface area contributed by atoms with Crippen molar-refractivity contribution in [3.63, 3.8) is 0 Å². The highest BCUT2D eigenvalue weighted by Gasteiger charge is 2.15. The van der Waals surface area contributed by atoms with Crippen molar-refractivity contribution in [3.05, 3.63) is 27.3 Å². The number of carboxylic acids is 1. The summed E-state index contributed by atoms with van der Waals surface area (Å²) in [4.78, 5) is 22.4. The Bertz CT molecular complexity index is 461. The third kappa shape index (κ3) is 4.17. The molecule has 0 aliphatic heterocycles. The first-order valence-electron chi connectivity index (χ1n) is 5.45. The van der Waals surface area contributed by atoms with Gasteiger partial charge in [-0.3, -0.25) is 9.59 Å². The second-order valence-corrected chi connectivity index (χ2v) is 5.00. The Kier molecular flexibility index (Phi) is 5.39. The van der Waals surface area contributed by atoms with Crippen molar-refractivity contribution in [1.82, 2.24) is 5.32 Å². The van der Waals surface area contributed by atoms with Gasteiger partial charge < -0.3 is 15.5 Å². The van der Waals surface area contributed by atoms with Crippen molar-refractivity contribution in [2.24, 2.45) is 0 Å². The summed E-state index contributed by atoms with van der Waals surface area (Å²) < 4.78 is 0.654. The number of hydrogen-bond donors (Lipinski definition) is 3. The smallest absolute Gasteiger partial charge is 0.305 e. The molecule has 1 unspecified atom stereocenters. The third-order valence-electron chi connectivity index (χ3n) is 2.46. The van der Waals surface area contributed by atoms with Gasteiger partial charge in [-0.25, -0.2) is 0 Å². The number of carboxylic acid groups (broad SMARTS) is 1. The number of phenols is 1. The number of hydrogen-bond acceptors (Lipinski definition) is 3. The highest BCUT2D eigenvalue weighted by atomic mass is 127. The van der Waals surface area contributed by atoms with Crippen LogP contribution in [0.5, 0.6) is 5.75 Å². The molecule has 0 aliphatic carbocycles. The van der Waals surface area contributed by atoms with Crippen LogP contribution >= 0.6 is 22.6 Å². The van der Waals surface area contributed by atoms with Crippen molar-refractivity contribution in [2.45, 2.75) is 25.8 Å². The van der Waals surface area contributed by atoms with E-state index in [4.69, 9.17) is 5.11 Å². The molecule has 0 fully saturated rings. The zero-order chi connectivity index (χ0) is 13.7. The summed E-state index contributed by atoms with van der Waals surface area (Å²) in [6.07, 6.45) is 0.424. The van der Waals surface area contributed by atoms with Crippen LogP contribution in [-0.4, -0.2) is 28.1 Å². The number of benzene rings is 1. The van der Waals surface area contributed by atoms with Crippen LogP contribution in [0.25, 0.3) is 0 Å². The van der Waals surface area contributed by atoms with Gasteiger partial charge in [-0.1, -0.05) is 6.92 Å². The first-order valence-corrected chi connectivity index (χ1v) is 6.53. The molecule has 0 saturated heterocycles. The molecule has 6 heteroatoms. The maximum absolute atomic E-state index is 11.8. The Morgan fingerprint density at radius 3 is 2.61 bits per heavy atom. The average molecular weight is 363 g/mol. The Morgan fingerprint density at radius 2 is 2.11 bits per heavy atom. The van der Waals surface area contributed by atoms with Crippen LogP contribution in [0.4, 0.5) is 0 Å². The lowest BCUT2D eigenvalue weighted by Gasteiger charge is -2.14. The summed E-state index contributed by atoms with van der Waals surface area (Å²) in [5.74, 6) is -1.29. The molecule has 0 bridgehead atoms. The normalized spacial score (nSPS) is 11.9. The third-order valence-corrected chi connectivity index (χ3v) is 3.37. The topological polar surface area (TPSA) is 86.6 Å². The summed E-state index contributed by atoms with van der Waals surface area (Å²) in [6.45, 7) is 1.80. The van der Waals surface area contributed by atoms with Gasteiger partial charge in [0, 0.05) is 11.6 Å². The lowest BCUT2D eigenvalue weighted by molar-refractivity contribution is -0.137. The number of amides is 1. The lowest BCUT2D eigenvalue weighted by atomic mass is 10.1. The van der Waals surface area contributed by atoms with Crippen LogP contribution in [0.1, 0.15) is 30.1 Å². The van der Waals surface area contributed by atoms with E-state index >= 15 is 0 Å². The average Bonchev–Trinajstić information content (AvgIpc) is 2.31. The minimum Gasteiger partial charge on any atom is -0.507 e. The van der Waals surface area contributed by atoms with Crippen LogP contribution in [0, 0.1) is 3.57 Å². The quantitative estimate of drug-likeness (QED) is 0.699. The first-order chi connectivity index (χ1) is 8.43. The number of carbonyl (C=O) groups excluding carboxylic acids is 1. The van der Waals surface area contributed by atoms with E-state index < -0.39 is 12.0 Å². The fraction of sp³-hybridized carbons (Fsp3) is 0.333. The van der Waals surface area contributed by atoms with E-state index in [-0.39, 0.29) is 18.1 Å². The highest BCUT2D eigenvalue weighted by Crippen LogP contribution is 2.20. The Morgan fingerprint density at radius 1 is 1.44 bits per heavy atom. The molecule has 0 spiro atoms. The zero-order valence-corrected chi connectivity index (χ0v) is 12.0. The van der Waals surface area contributed by atoms with Crippen molar-refractivity contribution < 1.29 is 19.8 Å². The van der Waals surface area contributed by atoms with Gasteiger partial charge in [0.1, 0.15) is 5.75 Å². The number of carbonyl (C=O) groups is 2. The second kappa shape index (κ2) is 6.58. The zero-order valence-electron chi connectivity index (χ0n) is 9.81. The van der Waals surface area contributed by atoms with E-state index in [1.54, 1.807) is 19.1 Å². The largest absolute Gasteiger partial charge is 0.507 e. The predicted molar refractivity (Wildman–Crippen MR) is 74.6 cm³/mol. The predicted octanol–water partition coefficient (Wildman–Crippen LogP) is 1.98. The lowest BCUT2D eigenvalue weighted by Crippen LogP contribution is -2.36. The minimum absolute atomic E-state index is 0.0366. The molecule has 0 aromatic heterocycles. The van der Waals surface area contributed by atoms with E-state index in [1.165, 1.54) is 6.07 Å². The monoisotopic (exact) mass is 363 g/mol. The summed E-state index contributed by atoms with van der Waals surface area (Å²) >= 11 is 1.95. The number of nitrogens with one attached hydrogen (secondary N) is 1. The van der Waals surface area contributed by atoms with Gasteiger partial charge in [-0.15, -0.1) is 0 Å². The summed E-state index contributed by atoms with van der Waals surface area (Å²) in [7, 11) is 0. The van der Waals surface area contributed by atoms with E-state index in [2.05, 4.69) is 5.32 Å². The van der Waals surface area contributed by atoms with Crippen LogP contribution in [-0.2, 0) is 4.79 Å².